The summed E-state index contributed by atoms with van der Waals surface area (Å²) in [5.41, 5.74) is 1.36. The van der Waals surface area contributed by atoms with Crippen molar-refractivity contribution in [2.75, 3.05) is 0 Å². The zero-order valence-corrected chi connectivity index (χ0v) is 17.3. The van der Waals surface area contributed by atoms with Gasteiger partial charge in [0.15, 0.2) is 0 Å². The lowest BCUT2D eigenvalue weighted by molar-refractivity contribution is 0.317. The van der Waals surface area contributed by atoms with Crippen molar-refractivity contribution in [1.29, 1.82) is 0 Å². The van der Waals surface area contributed by atoms with Crippen LogP contribution in [0.2, 0.25) is 18.1 Å². The molecule has 0 amide bonds. The molecule has 0 spiro atoms. The quantitative estimate of drug-likeness (QED) is 0.463. The number of halogens is 1. The fourth-order valence-corrected chi connectivity index (χ4v) is 8.37. The van der Waals surface area contributed by atoms with Crippen LogP contribution >= 0.6 is 0 Å². The first-order valence-corrected chi connectivity index (χ1v) is 12.8. The molecule has 0 N–H and O–H groups in total. The van der Waals surface area contributed by atoms with Crippen molar-refractivity contribution >= 4 is 8.80 Å². The van der Waals surface area contributed by atoms with Crippen molar-refractivity contribution < 1.29 is 4.39 Å². The van der Waals surface area contributed by atoms with Crippen LogP contribution in [0.1, 0.15) is 76.7 Å². The van der Waals surface area contributed by atoms with Gasteiger partial charge >= 0.3 is 0 Å². The molecule has 1 radical (unpaired) electrons. The highest BCUT2D eigenvalue weighted by atomic mass is 28.3. The van der Waals surface area contributed by atoms with Crippen LogP contribution in [-0.4, -0.2) is 8.80 Å². The maximum atomic E-state index is 13.1. The van der Waals surface area contributed by atoms with Crippen molar-refractivity contribution in [2.45, 2.75) is 89.3 Å². The first-order chi connectivity index (χ1) is 12.1. The third-order valence-electron chi connectivity index (χ3n) is 6.71. The molecule has 1 saturated carbocycles. The van der Waals surface area contributed by atoms with Gasteiger partial charge in [-0.1, -0.05) is 63.4 Å². The fraction of sp³-hybridized carbons (Fsp3) is 0.739. The second-order valence-electron chi connectivity index (χ2n) is 9.13. The van der Waals surface area contributed by atoms with E-state index in [1.54, 1.807) is 30.3 Å². The second-order valence-corrected chi connectivity index (χ2v) is 12.1. The summed E-state index contributed by atoms with van der Waals surface area (Å²) in [5, 5.41) is 0. The predicted molar refractivity (Wildman–Crippen MR) is 108 cm³/mol. The molecule has 25 heavy (non-hydrogen) atoms. The van der Waals surface area contributed by atoms with Crippen LogP contribution in [0.15, 0.2) is 24.3 Å². The minimum absolute atomic E-state index is 0.0260. The molecule has 2 aliphatic rings. The van der Waals surface area contributed by atoms with Gasteiger partial charge in [-0.3, -0.25) is 0 Å². The Hall–Kier alpha value is -0.633. The Morgan fingerprint density at radius 3 is 2.16 bits per heavy atom. The lowest BCUT2D eigenvalue weighted by atomic mass is 9.78. The van der Waals surface area contributed by atoms with E-state index in [9.17, 15) is 4.39 Å². The van der Waals surface area contributed by atoms with Crippen LogP contribution in [0.5, 0.6) is 0 Å². The summed E-state index contributed by atoms with van der Waals surface area (Å²) in [6.45, 7) is 4.76. The van der Waals surface area contributed by atoms with E-state index in [-0.39, 0.29) is 14.6 Å². The van der Waals surface area contributed by atoms with Gasteiger partial charge in [0, 0.05) is 8.80 Å². The van der Waals surface area contributed by atoms with E-state index in [0.717, 1.165) is 17.8 Å². The van der Waals surface area contributed by atoms with Crippen molar-refractivity contribution in [2.24, 2.45) is 17.8 Å². The summed E-state index contributed by atoms with van der Waals surface area (Å²) in [6, 6.07) is 12.0. The highest BCUT2D eigenvalue weighted by Gasteiger charge is 2.26. The number of hydrogen-bond acceptors (Lipinski definition) is 0. The molecular weight excluding hydrogens is 323 g/mol. The lowest BCUT2D eigenvalue weighted by Gasteiger charge is -2.32. The standard InChI is InChI=1S/C23H36FSi/c1-18(2)17-20-12-15-25(16-13-20)14-11-19-3-5-21(6-4-19)22-7-9-23(24)10-8-22/h7-10,18-21H,3-6,11-17H2,1-2H3. The Kier molecular flexibility index (Phi) is 7.15. The van der Waals surface area contributed by atoms with E-state index >= 15 is 0 Å². The maximum absolute atomic E-state index is 13.1. The van der Waals surface area contributed by atoms with E-state index in [0.29, 0.717) is 5.92 Å². The molecule has 2 heteroatoms. The molecule has 1 aromatic rings. The minimum atomic E-state index is -0.107. The van der Waals surface area contributed by atoms with Crippen molar-refractivity contribution in [3.05, 3.63) is 35.6 Å². The Morgan fingerprint density at radius 2 is 1.56 bits per heavy atom. The first kappa shape index (κ1) is 19.1. The molecule has 1 heterocycles. The highest BCUT2D eigenvalue weighted by molar-refractivity contribution is 6.58. The first-order valence-electron chi connectivity index (χ1n) is 10.7. The largest absolute Gasteiger partial charge is 0.207 e. The number of hydrogen-bond donors (Lipinski definition) is 0. The van der Waals surface area contributed by atoms with E-state index in [2.05, 4.69) is 13.8 Å². The molecule has 139 valence electrons. The van der Waals surface area contributed by atoms with Crippen LogP contribution < -0.4 is 0 Å². The van der Waals surface area contributed by atoms with Crippen LogP contribution in [0.4, 0.5) is 4.39 Å². The predicted octanol–water partition coefficient (Wildman–Crippen LogP) is 7.44. The van der Waals surface area contributed by atoms with Gasteiger partial charge in [0.25, 0.3) is 0 Å². The average molecular weight is 360 g/mol. The second kappa shape index (κ2) is 9.35. The van der Waals surface area contributed by atoms with Crippen molar-refractivity contribution in [3.8, 4) is 0 Å². The van der Waals surface area contributed by atoms with Gasteiger partial charge in [-0.05, 0) is 73.5 Å². The number of rotatable bonds is 6. The molecular formula is C23H36FSi. The third kappa shape index (κ3) is 5.94. The summed E-state index contributed by atoms with van der Waals surface area (Å²) in [7, 11) is -0.0260. The van der Waals surface area contributed by atoms with E-state index in [1.165, 1.54) is 56.9 Å². The summed E-state index contributed by atoms with van der Waals surface area (Å²) >= 11 is 0. The van der Waals surface area contributed by atoms with Crippen molar-refractivity contribution in [3.63, 3.8) is 0 Å². The Balaban J connectivity index is 1.34. The monoisotopic (exact) mass is 359 g/mol. The van der Waals surface area contributed by atoms with Gasteiger partial charge in [0.2, 0.25) is 0 Å². The van der Waals surface area contributed by atoms with Gasteiger partial charge in [0.05, 0.1) is 0 Å². The topological polar surface area (TPSA) is 0 Å². The number of benzene rings is 1. The zero-order valence-electron chi connectivity index (χ0n) is 16.3. The summed E-state index contributed by atoms with van der Waals surface area (Å²) in [5.74, 6) is 3.47. The Morgan fingerprint density at radius 1 is 0.920 bits per heavy atom. The van der Waals surface area contributed by atoms with Crippen LogP contribution in [-0.2, 0) is 0 Å². The smallest absolute Gasteiger partial charge is 0.123 e. The molecule has 0 atom stereocenters. The zero-order chi connectivity index (χ0) is 17.6. The fourth-order valence-electron chi connectivity index (χ4n) is 5.17. The minimum Gasteiger partial charge on any atom is -0.207 e. The summed E-state index contributed by atoms with van der Waals surface area (Å²) in [6.07, 6.45) is 11.4. The maximum Gasteiger partial charge on any atom is 0.123 e. The molecule has 3 rings (SSSR count). The Labute approximate surface area is 156 Å². The molecule has 0 aromatic heterocycles. The average Bonchev–Trinajstić information content (AvgIpc) is 2.62. The molecule has 0 nitrogen and oxygen atoms in total. The van der Waals surface area contributed by atoms with Crippen LogP contribution in [0.3, 0.4) is 0 Å². The van der Waals surface area contributed by atoms with E-state index in [1.807, 2.05) is 12.1 Å². The van der Waals surface area contributed by atoms with E-state index in [4.69, 9.17) is 0 Å². The van der Waals surface area contributed by atoms with Crippen LogP contribution in [0.25, 0.3) is 0 Å². The van der Waals surface area contributed by atoms with Crippen molar-refractivity contribution in [1.82, 2.24) is 0 Å². The van der Waals surface area contributed by atoms with Gasteiger partial charge in [-0.15, -0.1) is 0 Å². The van der Waals surface area contributed by atoms with E-state index < -0.39 is 0 Å². The summed E-state index contributed by atoms with van der Waals surface area (Å²) in [4.78, 5) is 0. The van der Waals surface area contributed by atoms with Crippen LogP contribution in [0, 0.1) is 23.6 Å². The summed E-state index contributed by atoms with van der Waals surface area (Å²) < 4.78 is 13.1. The molecule has 1 aliphatic carbocycles. The normalized spacial score (nSPS) is 26.2. The molecule has 1 saturated heterocycles. The molecule has 0 unspecified atom stereocenters. The molecule has 1 aromatic carbocycles. The van der Waals surface area contributed by atoms with Gasteiger partial charge in [-0.2, -0.15) is 0 Å². The molecule has 2 fully saturated rings. The van der Waals surface area contributed by atoms with Gasteiger partial charge < -0.3 is 0 Å². The highest BCUT2D eigenvalue weighted by Crippen LogP contribution is 2.39. The van der Waals surface area contributed by atoms with Gasteiger partial charge in [0.1, 0.15) is 5.82 Å². The molecule has 0 bridgehead atoms. The SMILES string of the molecule is CC(C)CC1CC[Si](CCC2CCC(c3ccc(F)cc3)CC2)CC1. The third-order valence-corrected chi connectivity index (χ3v) is 9.70. The van der Waals surface area contributed by atoms with Gasteiger partial charge in [-0.25, -0.2) is 4.39 Å². The Bertz CT molecular complexity index is 493. The lowest BCUT2D eigenvalue weighted by Crippen LogP contribution is -2.23. The molecule has 1 aliphatic heterocycles.